The Hall–Kier alpha value is -0.750. The van der Waals surface area contributed by atoms with Gasteiger partial charge >= 0.3 is 15.2 Å². The Morgan fingerprint density at radius 1 is 1.24 bits per heavy atom. The van der Waals surface area contributed by atoms with Gasteiger partial charge in [0.15, 0.2) is 5.40 Å². The number of rotatable bonds is 5. The van der Waals surface area contributed by atoms with Crippen molar-refractivity contribution in [2.75, 3.05) is 11.9 Å². The van der Waals surface area contributed by atoms with Gasteiger partial charge in [-0.15, -0.1) is 0 Å². The zero-order valence-corrected chi connectivity index (χ0v) is 10.3. The molecule has 0 unspecified atom stereocenters. The van der Waals surface area contributed by atoms with Crippen molar-refractivity contribution >= 4 is 20.9 Å². The zero-order valence-electron chi connectivity index (χ0n) is 8.54. The summed E-state index contributed by atoms with van der Waals surface area (Å²) in [6, 6.07) is 3.13. The predicted octanol–water partition coefficient (Wildman–Crippen LogP) is 0.175. The SMILES string of the molecule is O=P(O)(O)C(CNc1cccnc1)P(=O)(O)O. The minimum atomic E-state index is -4.88. The van der Waals surface area contributed by atoms with Gasteiger partial charge in [0.1, 0.15) is 0 Å². The predicted molar refractivity (Wildman–Crippen MR) is 60.6 cm³/mol. The largest absolute Gasteiger partial charge is 0.382 e. The first-order valence-electron chi connectivity index (χ1n) is 4.45. The molecule has 0 atom stereocenters. The average molecular weight is 282 g/mol. The van der Waals surface area contributed by atoms with Gasteiger partial charge in [0.2, 0.25) is 0 Å². The normalized spacial score (nSPS) is 12.8. The summed E-state index contributed by atoms with van der Waals surface area (Å²) in [5, 5.41) is 0.451. The maximum absolute atomic E-state index is 10.9. The molecule has 1 aromatic rings. The van der Waals surface area contributed by atoms with Crippen LogP contribution in [0.5, 0.6) is 0 Å². The van der Waals surface area contributed by atoms with Crippen LogP contribution >= 0.6 is 15.2 Å². The van der Waals surface area contributed by atoms with Crippen molar-refractivity contribution in [2.24, 2.45) is 0 Å². The van der Waals surface area contributed by atoms with E-state index in [2.05, 4.69) is 10.3 Å². The second kappa shape index (κ2) is 5.27. The molecule has 10 heteroatoms. The molecule has 5 N–H and O–H groups in total. The third-order valence-corrected chi connectivity index (χ3v) is 5.65. The van der Waals surface area contributed by atoms with E-state index < -0.39 is 27.1 Å². The van der Waals surface area contributed by atoms with E-state index in [0.717, 1.165) is 0 Å². The zero-order chi connectivity index (χ0) is 13.1. The fourth-order valence-electron chi connectivity index (χ4n) is 1.11. The summed E-state index contributed by atoms with van der Waals surface area (Å²) in [5.74, 6) is 0. The van der Waals surface area contributed by atoms with Crippen molar-refractivity contribution in [2.45, 2.75) is 5.40 Å². The Morgan fingerprint density at radius 2 is 1.82 bits per heavy atom. The first kappa shape index (κ1) is 14.3. The highest BCUT2D eigenvalue weighted by atomic mass is 31.2. The van der Waals surface area contributed by atoms with Crippen LogP contribution in [0.25, 0.3) is 0 Å². The van der Waals surface area contributed by atoms with Crippen molar-refractivity contribution in [1.82, 2.24) is 4.98 Å². The van der Waals surface area contributed by atoms with E-state index in [1.165, 1.54) is 12.4 Å². The molecule has 0 aliphatic heterocycles. The molecule has 0 spiro atoms. The Bertz CT molecular complexity index is 433. The van der Waals surface area contributed by atoms with E-state index in [4.69, 9.17) is 19.6 Å². The Kier molecular flexibility index (Phi) is 4.43. The Labute approximate surface area is 97.0 Å². The van der Waals surface area contributed by atoms with Crippen molar-refractivity contribution < 1.29 is 28.7 Å². The smallest absolute Gasteiger partial charge is 0.342 e. The number of pyridine rings is 1. The molecule has 0 aromatic carbocycles. The van der Waals surface area contributed by atoms with Gasteiger partial charge in [-0.25, -0.2) is 0 Å². The van der Waals surface area contributed by atoms with E-state index >= 15 is 0 Å². The fraction of sp³-hybridized carbons (Fsp3) is 0.286. The number of nitrogens with zero attached hydrogens (tertiary/aromatic N) is 1. The van der Waals surface area contributed by atoms with E-state index in [0.29, 0.717) is 5.69 Å². The van der Waals surface area contributed by atoms with Crippen LogP contribution in [0.15, 0.2) is 24.5 Å². The van der Waals surface area contributed by atoms with Gasteiger partial charge in [0.05, 0.1) is 5.69 Å². The third-order valence-electron chi connectivity index (χ3n) is 1.93. The maximum Gasteiger partial charge on any atom is 0.342 e. The van der Waals surface area contributed by atoms with Crippen LogP contribution in [-0.4, -0.2) is 36.5 Å². The summed E-state index contributed by atoms with van der Waals surface area (Å²) in [6.45, 7) is -0.541. The molecule has 17 heavy (non-hydrogen) atoms. The maximum atomic E-state index is 10.9. The summed E-state index contributed by atoms with van der Waals surface area (Å²) in [4.78, 5) is 39.2. The lowest BCUT2D eigenvalue weighted by Gasteiger charge is -2.20. The topological polar surface area (TPSA) is 140 Å². The molecule has 0 saturated heterocycles. The van der Waals surface area contributed by atoms with Crippen molar-refractivity contribution in [3.8, 4) is 0 Å². The number of anilines is 1. The number of aromatic nitrogens is 1. The second-order valence-corrected chi connectivity index (χ2v) is 7.29. The lowest BCUT2D eigenvalue weighted by atomic mass is 10.4. The van der Waals surface area contributed by atoms with Gasteiger partial charge in [0.25, 0.3) is 0 Å². The van der Waals surface area contributed by atoms with Crippen LogP contribution in [0, 0.1) is 0 Å². The molecule has 0 radical (unpaired) electrons. The molecular weight excluding hydrogens is 270 g/mol. The first-order chi connectivity index (χ1) is 7.71. The number of hydrogen-bond acceptors (Lipinski definition) is 4. The van der Waals surface area contributed by atoms with Crippen LogP contribution in [0.2, 0.25) is 0 Å². The van der Waals surface area contributed by atoms with Crippen molar-refractivity contribution in [3.05, 3.63) is 24.5 Å². The van der Waals surface area contributed by atoms with Gasteiger partial charge < -0.3 is 24.9 Å². The van der Waals surface area contributed by atoms with Gasteiger partial charge in [-0.05, 0) is 12.1 Å². The number of hydrogen-bond donors (Lipinski definition) is 5. The molecule has 0 fully saturated rings. The highest BCUT2D eigenvalue weighted by Crippen LogP contribution is 2.59. The second-order valence-electron chi connectivity index (χ2n) is 3.28. The molecule has 0 aliphatic rings. The standard InChI is InChI=1S/C7H12N2O6P2/c10-16(11,12)7(17(13,14)15)5-9-6-2-1-3-8-4-6/h1-4,7,9H,5H2,(H2,10,11,12)(H2,13,14,15). The van der Waals surface area contributed by atoms with E-state index in [9.17, 15) is 9.13 Å². The lowest BCUT2D eigenvalue weighted by molar-refractivity contribution is 0.340. The van der Waals surface area contributed by atoms with Gasteiger partial charge in [-0.2, -0.15) is 0 Å². The molecule has 96 valence electrons. The van der Waals surface area contributed by atoms with Crippen LogP contribution in [-0.2, 0) is 9.13 Å². The average Bonchev–Trinajstić information content (AvgIpc) is 2.15. The molecule has 0 bridgehead atoms. The van der Waals surface area contributed by atoms with Crippen LogP contribution in [0.1, 0.15) is 0 Å². The molecular formula is C7H12N2O6P2. The summed E-state index contributed by atoms with van der Waals surface area (Å²) < 4.78 is 21.9. The first-order valence-corrected chi connectivity index (χ1v) is 7.82. The summed E-state index contributed by atoms with van der Waals surface area (Å²) in [5.41, 5.74) is 0.416. The molecule has 8 nitrogen and oxygen atoms in total. The number of nitrogens with one attached hydrogen (secondary N) is 1. The summed E-state index contributed by atoms with van der Waals surface area (Å²) >= 11 is 0. The monoisotopic (exact) mass is 282 g/mol. The summed E-state index contributed by atoms with van der Waals surface area (Å²) in [7, 11) is -9.76. The summed E-state index contributed by atoms with van der Waals surface area (Å²) in [6.07, 6.45) is 2.87. The molecule has 1 aromatic heterocycles. The van der Waals surface area contributed by atoms with E-state index in [1.807, 2.05) is 0 Å². The van der Waals surface area contributed by atoms with Crippen LogP contribution < -0.4 is 5.32 Å². The highest BCUT2D eigenvalue weighted by Gasteiger charge is 2.43. The lowest BCUT2D eigenvalue weighted by Crippen LogP contribution is -2.20. The Balaban J connectivity index is 2.77. The van der Waals surface area contributed by atoms with E-state index in [-0.39, 0.29) is 0 Å². The molecule has 1 heterocycles. The van der Waals surface area contributed by atoms with Gasteiger partial charge in [0, 0.05) is 18.9 Å². The van der Waals surface area contributed by atoms with Crippen molar-refractivity contribution in [3.63, 3.8) is 0 Å². The minimum absolute atomic E-state index is 0.416. The van der Waals surface area contributed by atoms with E-state index in [1.54, 1.807) is 12.1 Å². The molecule has 0 aliphatic carbocycles. The van der Waals surface area contributed by atoms with Crippen LogP contribution in [0.3, 0.4) is 0 Å². The van der Waals surface area contributed by atoms with Crippen LogP contribution in [0.4, 0.5) is 5.69 Å². The van der Waals surface area contributed by atoms with Crippen molar-refractivity contribution in [1.29, 1.82) is 0 Å². The quantitative estimate of drug-likeness (QED) is 0.481. The Morgan fingerprint density at radius 3 is 2.24 bits per heavy atom. The highest BCUT2D eigenvalue weighted by molar-refractivity contribution is 7.70. The molecule has 1 rings (SSSR count). The van der Waals surface area contributed by atoms with Gasteiger partial charge in [-0.3, -0.25) is 14.1 Å². The third kappa shape index (κ3) is 4.55. The fourth-order valence-corrected chi connectivity index (χ4v) is 3.34. The molecule has 0 amide bonds. The van der Waals surface area contributed by atoms with Gasteiger partial charge in [-0.1, -0.05) is 0 Å². The molecule has 0 saturated carbocycles. The minimum Gasteiger partial charge on any atom is -0.382 e.